The fraction of sp³-hybridized carbons (Fsp3) is 0.200. The van der Waals surface area contributed by atoms with E-state index in [4.69, 9.17) is 4.74 Å². The highest BCUT2D eigenvalue weighted by atomic mass is 35.5. The lowest BCUT2D eigenvalue weighted by molar-refractivity contribution is 0.327. The van der Waals surface area contributed by atoms with Crippen molar-refractivity contribution in [3.05, 3.63) is 30.5 Å². The maximum Gasteiger partial charge on any atom is 0.232 e. The van der Waals surface area contributed by atoms with Crippen molar-refractivity contribution in [2.45, 2.75) is 6.92 Å². The largest absolute Gasteiger partial charge is 0.477 e. The van der Waals surface area contributed by atoms with Crippen LogP contribution < -0.4 is 4.74 Å². The van der Waals surface area contributed by atoms with Crippen LogP contribution in [0.3, 0.4) is 0 Å². The summed E-state index contributed by atoms with van der Waals surface area (Å²) in [6.07, 6.45) is 1.64. The summed E-state index contributed by atoms with van der Waals surface area (Å²) in [6.45, 7) is 2.55. The van der Waals surface area contributed by atoms with E-state index in [2.05, 4.69) is 9.97 Å². The number of fused-ring (bicyclic) bond motifs is 1. The molecule has 0 amide bonds. The molecule has 0 unspecified atom stereocenters. The lowest BCUT2D eigenvalue weighted by Gasteiger charge is -2.01. The molecule has 0 aliphatic heterocycles. The van der Waals surface area contributed by atoms with Gasteiger partial charge in [0.15, 0.2) is 0 Å². The van der Waals surface area contributed by atoms with Crippen molar-refractivity contribution in [3.63, 3.8) is 0 Å². The summed E-state index contributed by atoms with van der Waals surface area (Å²) in [5.74, 6) is 0.584. The predicted molar refractivity (Wildman–Crippen MR) is 58.0 cm³/mol. The van der Waals surface area contributed by atoms with Crippen LogP contribution in [0.5, 0.6) is 5.88 Å². The highest BCUT2D eigenvalue weighted by Crippen LogP contribution is 2.12. The predicted octanol–water partition coefficient (Wildman–Crippen LogP) is 2.45. The number of para-hydroxylation sites is 2. The molecular formula is C10H11ClN2O. The smallest absolute Gasteiger partial charge is 0.232 e. The first-order valence-electron chi connectivity index (χ1n) is 4.24. The fourth-order valence-corrected chi connectivity index (χ4v) is 1.16. The van der Waals surface area contributed by atoms with E-state index in [1.165, 1.54) is 0 Å². The molecule has 2 aromatic rings. The van der Waals surface area contributed by atoms with Gasteiger partial charge in [-0.3, -0.25) is 0 Å². The second kappa shape index (κ2) is 4.77. The second-order valence-electron chi connectivity index (χ2n) is 2.63. The highest BCUT2D eigenvalue weighted by molar-refractivity contribution is 5.85. The zero-order valence-electron chi connectivity index (χ0n) is 7.80. The van der Waals surface area contributed by atoms with Crippen LogP contribution in [0.15, 0.2) is 30.5 Å². The molecule has 4 heteroatoms. The van der Waals surface area contributed by atoms with Crippen LogP contribution in [0.2, 0.25) is 0 Å². The molecule has 0 radical (unpaired) electrons. The summed E-state index contributed by atoms with van der Waals surface area (Å²) in [5, 5.41) is 0. The van der Waals surface area contributed by atoms with Crippen LogP contribution in [-0.4, -0.2) is 16.6 Å². The van der Waals surface area contributed by atoms with Crippen molar-refractivity contribution in [2.24, 2.45) is 0 Å². The summed E-state index contributed by atoms with van der Waals surface area (Å²) in [4.78, 5) is 8.49. The van der Waals surface area contributed by atoms with Gasteiger partial charge >= 0.3 is 0 Å². The number of rotatable bonds is 2. The van der Waals surface area contributed by atoms with Gasteiger partial charge in [-0.1, -0.05) is 12.1 Å². The Balaban J connectivity index is 0.000000980. The van der Waals surface area contributed by atoms with E-state index >= 15 is 0 Å². The fourth-order valence-electron chi connectivity index (χ4n) is 1.16. The Morgan fingerprint density at radius 3 is 2.64 bits per heavy atom. The van der Waals surface area contributed by atoms with E-state index in [1.54, 1.807) is 6.20 Å². The molecule has 0 N–H and O–H groups in total. The van der Waals surface area contributed by atoms with Gasteiger partial charge in [0.2, 0.25) is 5.88 Å². The molecule has 0 bridgehead atoms. The Hall–Kier alpha value is -1.35. The highest BCUT2D eigenvalue weighted by Gasteiger charge is 1.97. The summed E-state index contributed by atoms with van der Waals surface area (Å²) < 4.78 is 5.24. The summed E-state index contributed by atoms with van der Waals surface area (Å²) in [7, 11) is 0. The average Bonchev–Trinajstić information content (AvgIpc) is 2.18. The topological polar surface area (TPSA) is 35.0 Å². The van der Waals surface area contributed by atoms with Gasteiger partial charge in [-0.05, 0) is 19.1 Å². The molecule has 0 aliphatic rings. The third-order valence-corrected chi connectivity index (χ3v) is 1.72. The van der Waals surface area contributed by atoms with Crippen LogP contribution in [-0.2, 0) is 0 Å². The molecular weight excluding hydrogens is 200 g/mol. The summed E-state index contributed by atoms with van der Waals surface area (Å²) >= 11 is 0. The quantitative estimate of drug-likeness (QED) is 0.764. The molecule has 0 spiro atoms. The molecule has 0 aliphatic carbocycles. The van der Waals surface area contributed by atoms with Crippen LogP contribution in [0.4, 0.5) is 0 Å². The molecule has 1 aromatic heterocycles. The van der Waals surface area contributed by atoms with Crippen LogP contribution >= 0.6 is 12.4 Å². The maximum absolute atomic E-state index is 5.24. The van der Waals surface area contributed by atoms with E-state index in [-0.39, 0.29) is 12.4 Å². The zero-order valence-corrected chi connectivity index (χ0v) is 8.62. The first-order chi connectivity index (χ1) is 6.40. The van der Waals surface area contributed by atoms with Gasteiger partial charge in [0.25, 0.3) is 0 Å². The Morgan fingerprint density at radius 2 is 1.93 bits per heavy atom. The van der Waals surface area contributed by atoms with Gasteiger partial charge in [0, 0.05) is 0 Å². The average molecular weight is 211 g/mol. The minimum absolute atomic E-state index is 0. The number of halogens is 1. The van der Waals surface area contributed by atoms with Crippen molar-refractivity contribution in [3.8, 4) is 5.88 Å². The minimum atomic E-state index is 0. The lowest BCUT2D eigenvalue weighted by atomic mass is 10.3. The number of benzene rings is 1. The van der Waals surface area contributed by atoms with E-state index in [1.807, 2.05) is 31.2 Å². The first kappa shape index (κ1) is 10.7. The molecule has 1 heterocycles. The maximum atomic E-state index is 5.24. The van der Waals surface area contributed by atoms with Crippen molar-refractivity contribution in [2.75, 3.05) is 6.61 Å². The number of nitrogens with zero attached hydrogens (tertiary/aromatic N) is 2. The standard InChI is InChI=1S/C10H10N2O.ClH/c1-2-13-10-7-11-8-5-3-4-6-9(8)12-10;/h3-7H,2H2,1H3;1H. The molecule has 3 nitrogen and oxygen atoms in total. The van der Waals surface area contributed by atoms with Crippen LogP contribution in [0, 0.1) is 0 Å². The van der Waals surface area contributed by atoms with Crippen LogP contribution in [0.25, 0.3) is 11.0 Å². The Bertz CT molecular complexity index is 420. The Labute approximate surface area is 88.5 Å². The molecule has 0 saturated carbocycles. The molecule has 14 heavy (non-hydrogen) atoms. The van der Waals surface area contributed by atoms with E-state index in [0.29, 0.717) is 12.5 Å². The number of hydrogen-bond donors (Lipinski definition) is 0. The first-order valence-corrected chi connectivity index (χ1v) is 4.24. The van der Waals surface area contributed by atoms with Crippen molar-refractivity contribution in [1.82, 2.24) is 9.97 Å². The molecule has 0 saturated heterocycles. The number of ether oxygens (including phenoxy) is 1. The molecule has 0 atom stereocenters. The van der Waals surface area contributed by atoms with Gasteiger partial charge in [0.05, 0.1) is 23.8 Å². The molecule has 74 valence electrons. The third-order valence-electron chi connectivity index (χ3n) is 1.72. The SMILES string of the molecule is CCOc1cnc2ccccc2n1.Cl. The van der Waals surface area contributed by atoms with Gasteiger partial charge in [-0.15, -0.1) is 12.4 Å². The molecule has 0 fully saturated rings. The van der Waals surface area contributed by atoms with Crippen molar-refractivity contribution < 1.29 is 4.74 Å². The van der Waals surface area contributed by atoms with Gasteiger partial charge in [-0.2, -0.15) is 0 Å². The molecule has 1 aromatic carbocycles. The number of hydrogen-bond acceptors (Lipinski definition) is 3. The minimum Gasteiger partial charge on any atom is -0.477 e. The van der Waals surface area contributed by atoms with E-state index in [0.717, 1.165) is 11.0 Å². The second-order valence-corrected chi connectivity index (χ2v) is 2.63. The van der Waals surface area contributed by atoms with Crippen molar-refractivity contribution in [1.29, 1.82) is 0 Å². The normalized spacial score (nSPS) is 9.50. The Morgan fingerprint density at radius 1 is 1.21 bits per heavy atom. The third kappa shape index (κ3) is 2.12. The van der Waals surface area contributed by atoms with Crippen molar-refractivity contribution >= 4 is 23.4 Å². The van der Waals surface area contributed by atoms with Gasteiger partial charge < -0.3 is 4.74 Å². The Kier molecular flexibility index (Phi) is 3.65. The van der Waals surface area contributed by atoms with Gasteiger partial charge in [-0.25, -0.2) is 9.97 Å². The number of aromatic nitrogens is 2. The molecule has 2 rings (SSSR count). The monoisotopic (exact) mass is 210 g/mol. The summed E-state index contributed by atoms with van der Waals surface area (Å²) in [5.41, 5.74) is 1.76. The zero-order chi connectivity index (χ0) is 9.10. The van der Waals surface area contributed by atoms with Crippen LogP contribution in [0.1, 0.15) is 6.92 Å². The van der Waals surface area contributed by atoms with E-state index < -0.39 is 0 Å². The van der Waals surface area contributed by atoms with E-state index in [9.17, 15) is 0 Å². The van der Waals surface area contributed by atoms with Gasteiger partial charge in [0.1, 0.15) is 0 Å². The summed E-state index contributed by atoms with van der Waals surface area (Å²) in [6, 6.07) is 7.73. The lowest BCUT2D eigenvalue weighted by Crippen LogP contribution is -1.95.